The SMILES string of the molecule is CN(C)C[C@@H](O)COc1ccc(NC(=O)Nc2ccc(C#N)cc2)cc1. The van der Waals surface area contributed by atoms with E-state index in [9.17, 15) is 9.90 Å². The highest BCUT2D eigenvalue weighted by molar-refractivity contribution is 5.99. The number of carbonyl (C=O) groups excluding carboxylic acids is 1. The molecule has 0 bridgehead atoms. The minimum absolute atomic E-state index is 0.199. The van der Waals surface area contributed by atoms with E-state index in [0.29, 0.717) is 29.2 Å². The van der Waals surface area contributed by atoms with Crippen molar-refractivity contribution in [2.24, 2.45) is 0 Å². The Morgan fingerprint density at radius 1 is 1.12 bits per heavy atom. The van der Waals surface area contributed by atoms with E-state index in [4.69, 9.17) is 10.00 Å². The van der Waals surface area contributed by atoms with Gasteiger partial charge in [0.15, 0.2) is 0 Å². The fraction of sp³-hybridized carbons (Fsp3) is 0.263. The van der Waals surface area contributed by atoms with Crippen molar-refractivity contribution in [3.05, 3.63) is 54.1 Å². The Kier molecular flexibility index (Phi) is 6.97. The molecule has 136 valence electrons. The highest BCUT2D eigenvalue weighted by Gasteiger charge is 2.07. The van der Waals surface area contributed by atoms with E-state index in [2.05, 4.69) is 10.6 Å². The Morgan fingerprint density at radius 2 is 1.65 bits per heavy atom. The van der Waals surface area contributed by atoms with Crippen molar-refractivity contribution in [3.63, 3.8) is 0 Å². The first kappa shape index (κ1) is 19.2. The Balaban J connectivity index is 1.82. The molecule has 0 saturated heterocycles. The number of hydrogen-bond acceptors (Lipinski definition) is 5. The molecule has 0 aliphatic rings. The maximum absolute atomic E-state index is 12.0. The standard InChI is InChI=1S/C19H22N4O3/c1-23(2)12-17(24)13-26-18-9-7-16(8-10-18)22-19(25)21-15-5-3-14(11-20)4-6-15/h3-10,17,24H,12-13H2,1-2H3,(H2,21,22,25)/t17-/m1/s1. The van der Waals surface area contributed by atoms with Gasteiger partial charge in [0.25, 0.3) is 0 Å². The van der Waals surface area contributed by atoms with E-state index in [-0.39, 0.29) is 12.6 Å². The molecule has 0 unspecified atom stereocenters. The van der Waals surface area contributed by atoms with Crippen LogP contribution in [0.5, 0.6) is 5.75 Å². The van der Waals surface area contributed by atoms with Crippen LogP contribution in [0.4, 0.5) is 16.2 Å². The quantitative estimate of drug-likeness (QED) is 0.710. The van der Waals surface area contributed by atoms with Crippen LogP contribution >= 0.6 is 0 Å². The zero-order valence-corrected chi connectivity index (χ0v) is 14.8. The highest BCUT2D eigenvalue weighted by atomic mass is 16.5. The highest BCUT2D eigenvalue weighted by Crippen LogP contribution is 2.16. The average Bonchev–Trinajstić information content (AvgIpc) is 2.61. The Hall–Kier alpha value is -3.08. The summed E-state index contributed by atoms with van der Waals surface area (Å²) in [5.74, 6) is 0.612. The predicted molar refractivity (Wildman–Crippen MR) is 100 cm³/mol. The monoisotopic (exact) mass is 354 g/mol. The summed E-state index contributed by atoms with van der Waals surface area (Å²) in [7, 11) is 3.76. The van der Waals surface area contributed by atoms with Crippen LogP contribution in [0.2, 0.25) is 0 Å². The summed E-state index contributed by atoms with van der Waals surface area (Å²) in [5.41, 5.74) is 1.73. The topological polar surface area (TPSA) is 97.6 Å². The molecular formula is C19H22N4O3. The van der Waals surface area contributed by atoms with Gasteiger partial charge in [-0.15, -0.1) is 0 Å². The van der Waals surface area contributed by atoms with Crippen LogP contribution in [0.1, 0.15) is 5.56 Å². The van der Waals surface area contributed by atoms with Crippen LogP contribution < -0.4 is 15.4 Å². The van der Waals surface area contributed by atoms with Crippen LogP contribution in [-0.2, 0) is 0 Å². The number of aliphatic hydroxyl groups excluding tert-OH is 1. The van der Waals surface area contributed by atoms with Gasteiger partial charge in [-0.3, -0.25) is 0 Å². The number of likely N-dealkylation sites (N-methyl/N-ethyl adjacent to an activating group) is 1. The number of nitrogens with zero attached hydrogens (tertiary/aromatic N) is 2. The third-order valence-electron chi connectivity index (χ3n) is 3.40. The molecule has 7 nitrogen and oxygen atoms in total. The van der Waals surface area contributed by atoms with E-state index in [0.717, 1.165) is 0 Å². The molecule has 0 radical (unpaired) electrons. The number of anilines is 2. The number of amides is 2. The number of nitrogens with one attached hydrogen (secondary N) is 2. The lowest BCUT2D eigenvalue weighted by Gasteiger charge is -2.16. The first-order valence-electron chi connectivity index (χ1n) is 8.10. The van der Waals surface area contributed by atoms with Crippen LogP contribution in [-0.4, -0.2) is 49.4 Å². The van der Waals surface area contributed by atoms with Crippen molar-refractivity contribution < 1.29 is 14.6 Å². The molecule has 2 amide bonds. The molecular weight excluding hydrogens is 332 g/mol. The van der Waals surface area contributed by atoms with E-state index >= 15 is 0 Å². The van der Waals surface area contributed by atoms with Crippen molar-refractivity contribution in [2.45, 2.75) is 6.10 Å². The summed E-state index contributed by atoms with van der Waals surface area (Å²) in [6, 6.07) is 15.1. The van der Waals surface area contributed by atoms with Gasteiger partial charge in [0, 0.05) is 17.9 Å². The van der Waals surface area contributed by atoms with Crippen LogP contribution in [0.3, 0.4) is 0 Å². The van der Waals surface area contributed by atoms with E-state index < -0.39 is 6.10 Å². The molecule has 0 saturated carbocycles. The Labute approximate surface area is 152 Å². The average molecular weight is 354 g/mol. The first-order valence-corrected chi connectivity index (χ1v) is 8.10. The van der Waals surface area contributed by atoms with Crippen molar-refractivity contribution in [1.82, 2.24) is 4.90 Å². The number of carbonyl (C=O) groups is 1. The molecule has 0 aromatic heterocycles. The van der Waals surface area contributed by atoms with Gasteiger partial charge < -0.3 is 25.4 Å². The zero-order chi connectivity index (χ0) is 18.9. The summed E-state index contributed by atoms with van der Waals surface area (Å²) < 4.78 is 5.51. The lowest BCUT2D eigenvalue weighted by molar-refractivity contribution is 0.0831. The molecule has 2 rings (SSSR count). The molecule has 1 atom stereocenters. The number of hydrogen-bond donors (Lipinski definition) is 3. The van der Waals surface area contributed by atoms with Crippen LogP contribution in [0.15, 0.2) is 48.5 Å². The Bertz CT molecular complexity index is 752. The van der Waals surface area contributed by atoms with Gasteiger partial charge >= 0.3 is 6.03 Å². The number of aliphatic hydroxyl groups is 1. The van der Waals surface area contributed by atoms with E-state index in [1.54, 1.807) is 48.5 Å². The summed E-state index contributed by atoms with van der Waals surface area (Å²) in [6.45, 7) is 0.722. The fourth-order valence-electron chi connectivity index (χ4n) is 2.22. The van der Waals surface area contributed by atoms with Crippen LogP contribution in [0, 0.1) is 11.3 Å². The molecule has 2 aromatic carbocycles. The number of nitriles is 1. The van der Waals surface area contributed by atoms with Crippen molar-refractivity contribution in [1.29, 1.82) is 5.26 Å². The smallest absolute Gasteiger partial charge is 0.323 e. The van der Waals surface area contributed by atoms with Gasteiger partial charge in [-0.1, -0.05) is 0 Å². The van der Waals surface area contributed by atoms with Gasteiger partial charge in [0.2, 0.25) is 0 Å². The van der Waals surface area contributed by atoms with Crippen molar-refractivity contribution in [2.75, 3.05) is 37.9 Å². The molecule has 0 aliphatic heterocycles. The second kappa shape index (κ2) is 9.42. The zero-order valence-electron chi connectivity index (χ0n) is 14.8. The fourth-order valence-corrected chi connectivity index (χ4v) is 2.22. The van der Waals surface area contributed by atoms with Gasteiger partial charge in [0.05, 0.1) is 11.6 Å². The first-order chi connectivity index (χ1) is 12.5. The molecule has 2 aromatic rings. The second-order valence-electron chi connectivity index (χ2n) is 6.02. The second-order valence-corrected chi connectivity index (χ2v) is 6.02. The number of ether oxygens (including phenoxy) is 1. The normalized spacial score (nSPS) is 11.5. The predicted octanol–water partition coefficient (Wildman–Crippen LogP) is 2.50. The maximum Gasteiger partial charge on any atom is 0.323 e. The van der Waals surface area contributed by atoms with E-state index in [1.165, 1.54) is 0 Å². The third-order valence-corrected chi connectivity index (χ3v) is 3.40. The summed E-state index contributed by atoms with van der Waals surface area (Å²) >= 11 is 0. The van der Waals surface area contributed by atoms with E-state index in [1.807, 2.05) is 25.1 Å². The maximum atomic E-state index is 12.0. The van der Waals surface area contributed by atoms with Crippen molar-refractivity contribution in [3.8, 4) is 11.8 Å². The van der Waals surface area contributed by atoms with Crippen molar-refractivity contribution >= 4 is 17.4 Å². The largest absolute Gasteiger partial charge is 0.491 e. The third kappa shape index (κ3) is 6.43. The molecule has 3 N–H and O–H groups in total. The summed E-state index contributed by atoms with van der Waals surface area (Å²) in [5, 5.41) is 23.9. The minimum atomic E-state index is -0.569. The van der Waals surface area contributed by atoms with Gasteiger partial charge in [-0.2, -0.15) is 5.26 Å². The molecule has 0 aliphatic carbocycles. The number of urea groups is 1. The lowest BCUT2D eigenvalue weighted by atomic mass is 10.2. The molecule has 0 heterocycles. The van der Waals surface area contributed by atoms with Gasteiger partial charge in [-0.05, 0) is 62.6 Å². The number of rotatable bonds is 7. The van der Waals surface area contributed by atoms with Gasteiger partial charge in [0.1, 0.15) is 18.5 Å². The molecule has 0 spiro atoms. The summed E-state index contributed by atoms with van der Waals surface area (Å²) in [4.78, 5) is 13.9. The number of benzene rings is 2. The Morgan fingerprint density at radius 3 is 2.15 bits per heavy atom. The minimum Gasteiger partial charge on any atom is -0.491 e. The molecule has 7 heteroatoms. The molecule has 0 fully saturated rings. The van der Waals surface area contributed by atoms with Gasteiger partial charge in [-0.25, -0.2) is 4.79 Å². The molecule has 26 heavy (non-hydrogen) atoms. The van der Waals surface area contributed by atoms with Crippen LogP contribution in [0.25, 0.3) is 0 Å². The summed E-state index contributed by atoms with van der Waals surface area (Å²) in [6.07, 6.45) is -0.569. The lowest BCUT2D eigenvalue weighted by Crippen LogP contribution is -2.30.